The fourth-order valence-corrected chi connectivity index (χ4v) is 7.16. The highest BCUT2D eigenvalue weighted by Crippen LogP contribution is 2.37. The van der Waals surface area contributed by atoms with Gasteiger partial charge in [-0.25, -0.2) is 22.6 Å². The number of alkyl halides is 3. The Kier molecular flexibility index (Phi) is 11.5. The number of alkyl carbamates (subject to hydrolysis) is 1. The van der Waals surface area contributed by atoms with E-state index in [9.17, 15) is 45.2 Å². The van der Waals surface area contributed by atoms with Crippen molar-refractivity contribution in [3.63, 3.8) is 0 Å². The second-order valence-electron chi connectivity index (χ2n) is 15.6. The molecule has 4 atom stereocenters. The van der Waals surface area contributed by atoms with Gasteiger partial charge < -0.3 is 25.0 Å². The number of halogens is 4. The van der Waals surface area contributed by atoms with Crippen LogP contribution in [0, 0.1) is 11.2 Å². The molecular weight excluding hydrogens is 726 g/mol. The summed E-state index contributed by atoms with van der Waals surface area (Å²) < 4.78 is 94.5. The van der Waals surface area contributed by atoms with Gasteiger partial charge in [0.2, 0.25) is 21.8 Å². The van der Waals surface area contributed by atoms with E-state index in [4.69, 9.17) is 9.47 Å². The number of sulfonamides is 1. The highest BCUT2D eigenvalue weighted by Gasteiger charge is 2.49. The maximum absolute atomic E-state index is 14.4. The van der Waals surface area contributed by atoms with Gasteiger partial charge in [0.25, 0.3) is 5.91 Å². The monoisotopic (exact) mass is 771 g/mol. The number of pyridine rings is 1. The lowest BCUT2D eigenvalue weighted by Crippen LogP contribution is -2.62. The van der Waals surface area contributed by atoms with Crippen LogP contribution in [0.1, 0.15) is 79.8 Å². The average molecular weight is 772 g/mol. The molecule has 2 aromatic rings. The predicted octanol–water partition coefficient (Wildman–Crippen LogP) is 4.74. The molecule has 4 unspecified atom stereocenters. The smallest absolute Gasteiger partial charge is 0.433 e. The number of carbonyl (C=O) groups excluding carboxylic acids is 4. The molecule has 2 heterocycles. The molecule has 1 aliphatic heterocycles. The van der Waals surface area contributed by atoms with Crippen LogP contribution in [-0.2, 0) is 35.3 Å². The van der Waals surface area contributed by atoms with Gasteiger partial charge in [-0.15, -0.1) is 6.58 Å². The van der Waals surface area contributed by atoms with E-state index in [1.54, 1.807) is 41.5 Å². The summed E-state index contributed by atoms with van der Waals surface area (Å²) in [5, 5.41) is 4.25. The largest absolute Gasteiger partial charge is 0.488 e. The number of amides is 4. The molecule has 292 valence electrons. The standard InChI is InChI=1S/C35H45F4N5O8S/c1-9-14-34(8,30(47)43-53(49,50)21-11-12-21)42-28(45)24-16-20(18-44(24)29(46)27(32(2,3)4)41-31(48)52-33(5,6)7)51-25-17-26(35(37,38)39)40-23-13-10-19(36)15-22(23)25/h9-10,13,15,17,20-21,24,27H,1,11-12,14,16,18H2,2-8H3,(H,41,48)(H,42,45)(H,43,47). The van der Waals surface area contributed by atoms with Gasteiger partial charge in [0.1, 0.15) is 46.6 Å². The van der Waals surface area contributed by atoms with E-state index in [-0.39, 0.29) is 23.7 Å². The number of ether oxygens (including phenoxy) is 2. The van der Waals surface area contributed by atoms with E-state index >= 15 is 0 Å². The number of hydrogen-bond donors (Lipinski definition) is 3. The highest BCUT2D eigenvalue weighted by atomic mass is 32.2. The minimum Gasteiger partial charge on any atom is -0.488 e. The number of likely N-dealkylation sites (tertiary alicyclic amines) is 1. The van der Waals surface area contributed by atoms with Gasteiger partial charge in [0.15, 0.2) is 0 Å². The third-order valence-electron chi connectivity index (χ3n) is 8.59. The number of aromatic nitrogens is 1. The zero-order valence-corrected chi connectivity index (χ0v) is 31.3. The van der Waals surface area contributed by atoms with Gasteiger partial charge in [-0.05, 0) is 70.6 Å². The van der Waals surface area contributed by atoms with Gasteiger partial charge in [0.05, 0.1) is 17.3 Å². The minimum atomic E-state index is -4.91. The number of nitrogens with one attached hydrogen (secondary N) is 3. The Morgan fingerprint density at radius 1 is 1.06 bits per heavy atom. The normalized spacial score (nSPS) is 19.9. The second kappa shape index (κ2) is 14.7. The Balaban J connectivity index is 1.73. The maximum atomic E-state index is 14.4. The number of nitrogens with zero attached hydrogens (tertiary/aromatic N) is 2. The lowest BCUT2D eigenvalue weighted by molar-refractivity contribution is -0.143. The van der Waals surface area contributed by atoms with Gasteiger partial charge in [-0.1, -0.05) is 26.8 Å². The molecule has 0 bridgehead atoms. The lowest BCUT2D eigenvalue weighted by atomic mass is 9.85. The third-order valence-corrected chi connectivity index (χ3v) is 10.4. The maximum Gasteiger partial charge on any atom is 0.433 e. The van der Waals surface area contributed by atoms with Crippen molar-refractivity contribution in [2.24, 2.45) is 5.41 Å². The summed E-state index contributed by atoms with van der Waals surface area (Å²) in [6.07, 6.45) is -5.57. The van der Waals surface area contributed by atoms with Crippen molar-refractivity contribution >= 4 is 44.7 Å². The zero-order chi connectivity index (χ0) is 39.9. The van der Waals surface area contributed by atoms with Crippen molar-refractivity contribution in [3.05, 3.63) is 48.4 Å². The van der Waals surface area contributed by atoms with Crippen LogP contribution in [-0.4, -0.2) is 83.2 Å². The Bertz CT molecular complexity index is 1890. The minimum absolute atomic E-state index is 0.102. The summed E-state index contributed by atoms with van der Waals surface area (Å²) in [7, 11) is -4.03. The van der Waals surface area contributed by atoms with Crippen molar-refractivity contribution in [3.8, 4) is 5.75 Å². The summed E-state index contributed by atoms with van der Waals surface area (Å²) in [6.45, 7) is 14.3. The second-order valence-corrected chi connectivity index (χ2v) is 17.5. The summed E-state index contributed by atoms with van der Waals surface area (Å²) in [4.78, 5) is 59.4. The van der Waals surface area contributed by atoms with Crippen LogP contribution < -0.4 is 20.1 Å². The summed E-state index contributed by atoms with van der Waals surface area (Å²) in [6, 6.07) is 0.752. The summed E-state index contributed by atoms with van der Waals surface area (Å²) >= 11 is 0. The summed E-state index contributed by atoms with van der Waals surface area (Å²) in [5.74, 6) is -3.97. The van der Waals surface area contributed by atoms with E-state index < -0.39 is 104 Å². The lowest BCUT2D eigenvalue weighted by Gasteiger charge is -2.36. The van der Waals surface area contributed by atoms with Crippen LogP contribution in [0.5, 0.6) is 5.75 Å². The van der Waals surface area contributed by atoms with Crippen molar-refractivity contribution in [2.45, 2.75) is 115 Å². The van der Waals surface area contributed by atoms with E-state index in [1.165, 1.54) is 13.0 Å². The zero-order valence-electron chi connectivity index (χ0n) is 30.5. The SMILES string of the molecule is C=CCC(C)(NC(=O)C1CC(Oc2cc(C(F)(F)F)nc3ccc(F)cc23)CN1C(=O)C(NC(=O)OC(C)(C)C)C(C)(C)C)C(=O)NS(=O)(=O)C1CC1. The summed E-state index contributed by atoms with van der Waals surface area (Å²) in [5.41, 5.74) is -5.35. The molecular formula is C35H45F4N5O8S. The number of rotatable bonds is 11. The first-order valence-electron chi connectivity index (χ1n) is 16.9. The number of fused-ring (bicyclic) bond motifs is 1. The van der Waals surface area contributed by atoms with Crippen molar-refractivity contribution in [1.29, 1.82) is 0 Å². The van der Waals surface area contributed by atoms with E-state index in [2.05, 4.69) is 22.2 Å². The molecule has 1 aliphatic carbocycles. The number of benzene rings is 1. The fraction of sp³-hybridized carbons (Fsp3) is 0.571. The molecule has 1 aromatic carbocycles. The molecule has 18 heteroatoms. The fourth-order valence-electron chi connectivity index (χ4n) is 5.75. The quantitative estimate of drug-likeness (QED) is 0.216. The molecule has 3 N–H and O–H groups in total. The Morgan fingerprint density at radius 2 is 1.70 bits per heavy atom. The van der Waals surface area contributed by atoms with E-state index in [0.717, 1.165) is 23.1 Å². The Hall–Kier alpha value is -4.48. The topological polar surface area (TPSA) is 173 Å². The Labute approximate surface area is 305 Å². The van der Waals surface area contributed by atoms with E-state index in [1.807, 2.05) is 4.72 Å². The van der Waals surface area contributed by atoms with Crippen molar-refractivity contribution in [2.75, 3.05) is 6.54 Å². The average Bonchev–Trinajstić information content (AvgIpc) is 3.79. The van der Waals surface area contributed by atoms with Crippen LogP contribution in [0.2, 0.25) is 0 Å². The van der Waals surface area contributed by atoms with Crippen LogP contribution >= 0.6 is 0 Å². The Morgan fingerprint density at radius 3 is 2.25 bits per heavy atom. The van der Waals surface area contributed by atoms with Gasteiger partial charge in [-0.3, -0.25) is 19.1 Å². The molecule has 2 fully saturated rings. The molecule has 2 aliphatic rings. The number of hydrogen-bond acceptors (Lipinski definition) is 9. The highest BCUT2D eigenvalue weighted by molar-refractivity contribution is 7.91. The van der Waals surface area contributed by atoms with Crippen LogP contribution in [0.4, 0.5) is 22.4 Å². The molecule has 4 rings (SSSR count). The molecule has 1 aromatic heterocycles. The molecule has 0 spiro atoms. The van der Waals surface area contributed by atoms with Crippen molar-refractivity contribution < 1.29 is 54.6 Å². The van der Waals surface area contributed by atoms with Crippen molar-refractivity contribution in [1.82, 2.24) is 25.2 Å². The van der Waals surface area contributed by atoms with Gasteiger partial charge >= 0.3 is 12.3 Å². The molecule has 0 radical (unpaired) electrons. The molecule has 1 saturated heterocycles. The first-order valence-corrected chi connectivity index (χ1v) is 18.4. The number of carbonyl (C=O) groups is 4. The molecule has 1 saturated carbocycles. The molecule has 53 heavy (non-hydrogen) atoms. The van der Waals surface area contributed by atoms with Crippen LogP contribution in [0.3, 0.4) is 0 Å². The molecule has 13 nitrogen and oxygen atoms in total. The van der Waals surface area contributed by atoms with Crippen LogP contribution in [0.25, 0.3) is 10.9 Å². The van der Waals surface area contributed by atoms with Gasteiger partial charge in [-0.2, -0.15) is 13.2 Å². The van der Waals surface area contributed by atoms with Crippen LogP contribution in [0.15, 0.2) is 36.9 Å². The first-order chi connectivity index (χ1) is 24.2. The van der Waals surface area contributed by atoms with Gasteiger partial charge in [0, 0.05) is 17.9 Å². The predicted molar refractivity (Wildman–Crippen MR) is 185 cm³/mol. The third kappa shape index (κ3) is 10.1. The van der Waals surface area contributed by atoms with E-state index in [0.29, 0.717) is 18.9 Å². The first kappa shape index (κ1) is 41.3. The molecule has 4 amide bonds.